The summed E-state index contributed by atoms with van der Waals surface area (Å²) in [5, 5.41) is 2.18. The van der Waals surface area contributed by atoms with E-state index in [0.717, 1.165) is 50.0 Å². The van der Waals surface area contributed by atoms with Gasteiger partial charge in [-0.3, -0.25) is 0 Å². The molecule has 5 aromatic carbocycles. The fourth-order valence-electron chi connectivity index (χ4n) is 6.36. The molecule has 2 unspecified atom stereocenters. The number of hydrogen-bond donors (Lipinski definition) is 0. The summed E-state index contributed by atoms with van der Waals surface area (Å²) in [5.74, 6) is 1.07. The lowest BCUT2D eigenvalue weighted by molar-refractivity contribution is 0.278. The van der Waals surface area contributed by atoms with Gasteiger partial charge in [-0.15, -0.1) is 0 Å². The molecule has 1 aromatic heterocycles. The van der Waals surface area contributed by atoms with Crippen LogP contribution in [0.1, 0.15) is 29.5 Å². The van der Waals surface area contributed by atoms with Gasteiger partial charge in [-0.2, -0.15) is 0 Å². The maximum absolute atomic E-state index is 6.74. The molecule has 8 rings (SSSR count). The van der Waals surface area contributed by atoms with Gasteiger partial charge in [0, 0.05) is 33.4 Å². The Labute approximate surface area is 239 Å². The van der Waals surface area contributed by atoms with Crippen molar-refractivity contribution in [1.29, 1.82) is 0 Å². The largest absolute Gasteiger partial charge is 0.484 e. The van der Waals surface area contributed by atoms with Crippen molar-refractivity contribution in [2.45, 2.75) is 18.9 Å². The Hall–Kier alpha value is -5.08. The van der Waals surface area contributed by atoms with Gasteiger partial charge < -0.3 is 9.15 Å². The number of furan rings is 1. The van der Waals surface area contributed by atoms with Crippen LogP contribution in [0.15, 0.2) is 138 Å². The lowest BCUT2D eigenvalue weighted by Gasteiger charge is -2.23. The van der Waals surface area contributed by atoms with E-state index >= 15 is 0 Å². The maximum Gasteiger partial charge on any atom is 0.143 e. The molecule has 0 N–H and O–H groups in total. The first-order valence-electron chi connectivity index (χ1n) is 14.1. The summed E-state index contributed by atoms with van der Waals surface area (Å²) in [6, 6.07) is 38.5. The van der Waals surface area contributed by atoms with Crippen molar-refractivity contribution in [3.63, 3.8) is 0 Å². The van der Waals surface area contributed by atoms with Crippen LogP contribution in [-0.4, -0.2) is 6.10 Å². The summed E-state index contributed by atoms with van der Waals surface area (Å²) < 4.78 is 13.3. The molecule has 2 atom stereocenters. The highest BCUT2D eigenvalue weighted by Gasteiger charge is 2.38. The fourth-order valence-corrected chi connectivity index (χ4v) is 6.36. The van der Waals surface area contributed by atoms with Gasteiger partial charge in [0.1, 0.15) is 23.0 Å². The zero-order valence-corrected chi connectivity index (χ0v) is 22.8. The van der Waals surface area contributed by atoms with Crippen LogP contribution < -0.4 is 4.74 Å². The molecular weight excluding hydrogens is 500 g/mol. The number of hydrogen-bond acceptors (Lipinski definition) is 2. The number of allylic oxidation sites excluding steroid dienone is 3. The number of benzene rings is 5. The average molecular weight is 529 g/mol. The summed E-state index contributed by atoms with van der Waals surface area (Å²) in [6.07, 6.45) is 6.55. The third kappa shape index (κ3) is 3.87. The first-order chi connectivity index (χ1) is 20.1. The van der Waals surface area contributed by atoms with Crippen LogP contribution in [0.3, 0.4) is 0 Å². The molecule has 2 nitrogen and oxygen atoms in total. The molecular formula is C39H28O2. The molecule has 2 heterocycles. The van der Waals surface area contributed by atoms with E-state index in [1.165, 1.54) is 27.8 Å². The minimum atomic E-state index is -0.0702. The molecule has 0 amide bonds. The summed E-state index contributed by atoms with van der Waals surface area (Å²) in [7, 11) is 0. The van der Waals surface area contributed by atoms with Crippen molar-refractivity contribution in [3.05, 3.63) is 151 Å². The molecule has 1 aliphatic heterocycles. The molecule has 6 aromatic rings. The Morgan fingerprint density at radius 1 is 0.707 bits per heavy atom. The van der Waals surface area contributed by atoms with Crippen LogP contribution in [0.25, 0.3) is 55.3 Å². The number of ether oxygens (including phenoxy) is 1. The van der Waals surface area contributed by atoms with Gasteiger partial charge in [0.2, 0.25) is 0 Å². The van der Waals surface area contributed by atoms with Gasteiger partial charge in [0.25, 0.3) is 0 Å². The number of rotatable bonds is 4. The van der Waals surface area contributed by atoms with E-state index in [1.54, 1.807) is 0 Å². The lowest BCUT2D eigenvalue weighted by Crippen LogP contribution is -2.21. The standard InChI is InChI=1S/C39H28O2/c1-24(2)26-12-6-14-28(20-26)30-16-8-18-32-34-22-37-35(23-36(34)40-38(30)32)33-19-9-17-31(39(33)41-37)29-15-7-13-27(21-29)25-10-4-3-5-11-25/h3-23,33,39H,1H2,2H3. The van der Waals surface area contributed by atoms with Crippen LogP contribution in [0, 0.1) is 0 Å². The number of fused-ring (bicyclic) bond motifs is 6. The zero-order valence-electron chi connectivity index (χ0n) is 22.8. The Balaban J connectivity index is 1.19. The zero-order chi connectivity index (χ0) is 27.5. The second kappa shape index (κ2) is 9.25. The van der Waals surface area contributed by atoms with Gasteiger partial charge in [-0.1, -0.05) is 115 Å². The molecule has 0 radical (unpaired) electrons. The Morgan fingerprint density at radius 2 is 1.49 bits per heavy atom. The monoisotopic (exact) mass is 528 g/mol. The van der Waals surface area contributed by atoms with Crippen molar-refractivity contribution < 1.29 is 9.15 Å². The number of para-hydroxylation sites is 1. The highest BCUT2D eigenvalue weighted by atomic mass is 16.5. The van der Waals surface area contributed by atoms with Gasteiger partial charge in [-0.05, 0) is 59.0 Å². The molecule has 0 fully saturated rings. The molecule has 196 valence electrons. The molecule has 1 aliphatic carbocycles. The van der Waals surface area contributed by atoms with E-state index in [1.807, 2.05) is 6.92 Å². The summed E-state index contributed by atoms with van der Waals surface area (Å²) >= 11 is 0. The summed E-state index contributed by atoms with van der Waals surface area (Å²) in [5.41, 5.74) is 12.2. The van der Waals surface area contributed by atoms with Crippen molar-refractivity contribution >= 4 is 33.1 Å². The summed E-state index contributed by atoms with van der Waals surface area (Å²) in [4.78, 5) is 0. The van der Waals surface area contributed by atoms with Crippen molar-refractivity contribution in [2.24, 2.45) is 0 Å². The smallest absolute Gasteiger partial charge is 0.143 e. The molecule has 2 heteroatoms. The highest BCUT2D eigenvalue weighted by molar-refractivity contribution is 6.10. The molecule has 0 bridgehead atoms. The SMILES string of the molecule is C=C(C)c1cccc(-c2cccc3c2oc2cc4c(cc23)OC2C(c3cccc(-c5ccccc5)c3)=CC=CC42)c1. The van der Waals surface area contributed by atoms with E-state index in [0.29, 0.717) is 0 Å². The highest BCUT2D eigenvalue weighted by Crippen LogP contribution is 2.49. The molecule has 41 heavy (non-hydrogen) atoms. The van der Waals surface area contributed by atoms with Crippen molar-refractivity contribution in [3.8, 4) is 28.0 Å². The third-order valence-corrected chi connectivity index (χ3v) is 8.44. The fraction of sp³-hybridized carbons (Fsp3) is 0.0769. The van der Waals surface area contributed by atoms with E-state index < -0.39 is 0 Å². The summed E-state index contributed by atoms with van der Waals surface area (Å²) in [6.45, 7) is 6.16. The van der Waals surface area contributed by atoms with Crippen LogP contribution in [0.5, 0.6) is 5.75 Å². The first-order valence-corrected chi connectivity index (χ1v) is 14.1. The molecule has 0 saturated heterocycles. The predicted molar refractivity (Wildman–Crippen MR) is 170 cm³/mol. The van der Waals surface area contributed by atoms with Gasteiger partial charge in [-0.25, -0.2) is 0 Å². The normalized spacial score (nSPS) is 17.2. The van der Waals surface area contributed by atoms with E-state index in [4.69, 9.17) is 9.15 Å². The predicted octanol–water partition coefficient (Wildman–Crippen LogP) is 10.5. The van der Waals surface area contributed by atoms with Gasteiger partial charge in [0.15, 0.2) is 0 Å². The minimum Gasteiger partial charge on any atom is -0.484 e. The molecule has 2 aliphatic rings. The first kappa shape index (κ1) is 23.8. The Kier molecular flexibility index (Phi) is 5.36. The Morgan fingerprint density at radius 3 is 2.37 bits per heavy atom. The van der Waals surface area contributed by atoms with Crippen LogP contribution >= 0.6 is 0 Å². The van der Waals surface area contributed by atoms with E-state index in [-0.39, 0.29) is 12.0 Å². The third-order valence-electron chi connectivity index (χ3n) is 8.44. The van der Waals surface area contributed by atoms with Crippen LogP contribution in [0.4, 0.5) is 0 Å². The van der Waals surface area contributed by atoms with E-state index in [2.05, 4.69) is 134 Å². The second-order valence-electron chi connectivity index (χ2n) is 11.0. The average Bonchev–Trinajstić information content (AvgIpc) is 3.58. The van der Waals surface area contributed by atoms with Gasteiger partial charge >= 0.3 is 0 Å². The Bertz CT molecular complexity index is 2050. The lowest BCUT2D eigenvalue weighted by atomic mass is 9.83. The second-order valence-corrected chi connectivity index (χ2v) is 11.0. The van der Waals surface area contributed by atoms with Crippen molar-refractivity contribution in [2.75, 3.05) is 0 Å². The van der Waals surface area contributed by atoms with Crippen LogP contribution in [-0.2, 0) is 0 Å². The quantitative estimate of drug-likeness (QED) is 0.227. The topological polar surface area (TPSA) is 22.4 Å². The maximum atomic E-state index is 6.74. The van der Waals surface area contributed by atoms with Gasteiger partial charge in [0.05, 0.1) is 0 Å². The molecule has 0 saturated carbocycles. The van der Waals surface area contributed by atoms with Crippen LogP contribution in [0.2, 0.25) is 0 Å². The van der Waals surface area contributed by atoms with Crippen molar-refractivity contribution in [1.82, 2.24) is 0 Å². The molecule has 0 spiro atoms. The van der Waals surface area contributed by atoms with E-state index in [9.17, 15) is 0 Å². The minimum absolute atomic E-state index is 0.0702.